The van der Waals surface area contributed by atoms with Crippen molar-refractivity contribution < 1.29 is 22.8 Å². The average molecular weight is 393 g/mol. The van der Waals surface area contributed by atoms with E-state index in [9.17, 15) is 22.8 Å². The van der Waals surface area contributed by atoms with Gasteiger partial charge in [0.15, 0.2) is 5.78 Å². The molecule has 0 bridgehead atoms. The molecule has 0 aromatic rings. The molecule has 0 saturated carbocycles. The quantitative estimate of drug-likeness (QED) is 0.744. The van der Waals surface area contributed by atoms with Crippen molar-refractivity contribution in [2.75, 3.05) is 19.6 Å². The molecule has 2 saturated heterocycles. The van der Waals surface area contributed by atoms with Gasteiger partial charge in [-0.25, -0.2) is 0 Å². The summed E-state index contributed by atoms with van der Waals surface area (Å²) in [5, 5.41) is 2.90. The van der Waals surface area contributed by atoms with E-state index in [1.807, 2.05) is 0 Å². The first kappa shape index (κ1) is 16.7. The van der Waals surface area contributed by atoms with Crippen LogP contribution in [0.15, 0.2) is 21.7 Å². The summed E-state index contributed by atoms with van der Waals surface area (Å²) >= 11 is 3.23. The van der Waals surface area contributed by atoms with Crippen molar-refractivity contribution in [3.8, 4) is 0 Å². The lowest BCUT2D eigenvalue weighted by Crippen LogP contribution is -2.56. The third-order valence-electron chi connectivity index (χ3n) is 4.87. The molecule has 0 aromatic heterocycles. The summed E-state index contributed by atoms with van der Waals surface area (Å²) in [6, 6.07) is 0. The topological polar surface area (TPSA) is 49.4 Å². The summed E-state index contributed by atoms with van der Waals surface area (Å²) in [5.74, 6) is -1.06. The number of halogens is 4. The number of alkyl halides is 3. The molecule has 2 aliphatic heterocycles. The van der Waals surface area contributed by atoms with Gasteiger partial charge in [0.05, 0.1) is 22.5 Å². The van der Waals surface area contributed by atoms with E-state index in [1.165, 1.54) is 4.90 Å². The van der Waals surface area contributed by atoms with Gasteiger partial charge in [-0.05, 0) is 47.3 Å². The number of nitrogens with zero attached hydrogens (tertiary/aromatic N) is 1. The van der Waals surface area contributed by atoms with Crippen molar-refractivity contribution in [2.24, 2.45) is 5.92 Å². The summed E-state index contributed by atoms with van der Waals surface area (Å²) < 4.78 is 38.0. The fourth-order valence-corrected chi connectivity index (χ4v) is 4.39. The fourth-order valence-electron chi connectivity index (χ4n) is 3.82. The SMILES string of the molecule is CC1=C2C(=O)NC3(CCN(CC(F)(F)F)CC3)C2C(=O)C(Br)=C1. The van der Waals surface area contributed by atoms with E-state index in [4.69, 9.17) is 0 Å². The number of ketones is 1. The fraction of sp³-hybridized carbons (Fsp3) is 0.600. The monoisotopic (exact) mass is 392 g/mol. The second-order valence-electron chi connectivity index (χ2n) is 6.39. The van der Waals surface area contributed by atoms with Crippen LogP contribution in [0.25, 0.3) is 0 Å². The van der Waals surface area contributed by atoms with Gasteiger partial charge in [0.1, 0.15) is 0 Å². The Balaban J connectivity index is 1.84. The van der Waals surface area contributed by atoms with Crippen LogP contribution in [0.4, 0.5) is 13.2 Å². The van der Waals surface area contributed by atoms with Gasteiger partial charge in [0.2, 0.25) is 5.91 Å². The first-order chi connectivity index (χ1) is 10.6. The lowest BCUT2D eigenvalue weighted by atomic mass is 9.71. The first-order valence-corrected chi connectivity index (χ1v) is 8.16. The minimum Gasteiger partial charge on any atom is -0.346 e. The van der Waals surface area contributed by atoms with Crippen LogP contribution in [0.1, 0.15) is 19.8 Å². The standard InChI is InChI=1S/C15H16BrF3N2O2/c1-8-6-9(16)12(22)11-10(8)13(23)20-14(11)2-4-21(5-3-14)7-15(17,18)19/h6,11H,2-5,7H2,1H3,(H,20,23). The number of carbonyl (C=O) groups excluding carboxylic acids is 2. The molecule has 23 heavy (non-hydrogen) atoms. The number of hydrogen-bond donors (Lipinski definition) is 1. The average Bonchev–Trinajstić information content (AvgIpc) is 2.71. The Hall–Kier alpha value is -1.15. The van der Waals surface area contributed by atoms with Crippen LogP contribution < -0.4 is 5.32 Å². The lowest BCUT2D eigenvalue weighted by Gasteiger charge is -2.42. The van der Waals surface area contributed by atoms with E-state index < -0.39 is 24.2 Å². The lowest BCUT2D eigenvalue weighted by molar-refractivity contribution is -0.150. The molecule has 1 aliphatic carbocycles. The Labute approximate surface area is 139 Å². The molecule has 3 rings (SSSR count). The number of nitrogens with one attached hydrogen (secondary N) is 1. The largest absolute Gasteiger partial charge is 0.401 e. The summed E-state index contributed by atoms with van der Waals surface area (Å²) in [5.41, 5.74) is 0.427. The number of fused-ring (bicyclic) bond motifs is 2. The highest BCUT2D eigenvalue weighted by molar-refractivity contribution is 9.12. The zero-order valence-corrected chi connectivity index (χ0v) is 14.1. The molecule has 1 amide bonds. The third-order valence-corrected chi connectivity index (χ3v) is 5.48. The van der Waals surface area contributed by atoms with Gasteiger partial charge in [-0.3, -0.25) is 14.5 Å². The Morgan fingerprint density at radius 3 is 2.52 bits per heavy atom. The number of allylic oxidation sites excluding steroid dienone is 3. The number of hydrogen-bond acceptors (Lipinski definition) is 3. The molecule has 0 radical (unpaired) electrons. The second-order valence-corrected chi connectivity index (χ2v) is 7.24. The molecular formula is C15H16BrF3N2O2. The van der Waals surface area contributed by atoms with Gasteiger partial charge in [0, 0.05) is 18.7 Å². The summed E-state index contributed by atoms with van der Waals surface area (Å²) in [6.07, 6.45) is -1.94. The molecule has 1 unspecified atom stereocenters. The van der Waals surface area contributed by atoms with Crippen molar-refractivity contribution >= 4 is 27.6 Å². The van der Waals surface area contributed by atoms with Crippen LogP contribution in [0, 0.1) is 5.92 Å². The van der Waals surface area contributed by atoms with Gasteiger partial charge < -0.3 is 5.32 Å². The summed E-state index contributed by atoms with van der Waals surface area (Å²) in [4.78, 5) is 26.2. The highest BCUT2D eigenvalue weighted by atomic mass is 79.9. The Morgan fingerprint density at radius 2 is 1.96 bits per heavy atom. The molecular weight excluding hydrogens is 377 g/mol. The van der Waals surface area contributed by atoms with Crippen molar-refractivity contribution in [1.29, 1.82) is 0 Å². The molecule has 3 aliphatic rings. The molecule has 1 atom stereocenters. The van der Waals surface area contributed by atoms with Gasteiger partial charge >= 0.3 is 6.18 Å². The van der Waals surface area contributed by atoms with Crippen LogP contribution in [-0.2, 0) is 9.59 Å². The van der Waals surface area contributed by atoms with Gasteiger partial charge in [-0.1, -0.05) is 0 Å². The number of Topliss-reactive ketones (excluding diaryl/α,β-unsaturated/α-hetero) is 1. The van der Waals surface area contributed by atoms with Crippen molar-refractivity contribution in [1.82, 2.24) is 10.2 Å². The minimum atomic E-state index is -4.24. The minimum absolute atomic E-state index is 0.173. The predicted molar refractivity (Wildman–Crippen MR) is 80.8 cm³/mol. The zero-order chi connectivity index (χ0) is 17.0. The Morgan fingerprint density at radius 1 is 1.35 bits per heavy atom. The van der Waals surface area contributed by atoms with Crippen molar-refractivity contribution in [3.63, 3.8) is 0 Å². The maximum absolute atomic E-state index is 12.5. The van der Waals surface area contributed by atoms with Gasteiger partial charge in [-0.2, -0.15) is 13.2 Å². The van der Waals surface area contributed by atoms with Crippen molar-refractivity contribution in [2.45, 2.75) is 31.5 Å². The van der Waals surface area contributed by atoms with E-state index in [-0.39, 0.29) is 24.8 Å². The smallest absolute Gasteiger partial charge is 0.346 e. The van der Waals surface area contributed by atoms with E-state index >= 15 is 0 Å². The van der Waals surface area contributed by atoms with E-state index in [0.717, 1.165) is 5.57 Å². The Bertz CT molecular complexity index is 631. The molecule has 1 spiro atoms. The number of likely N-dealkylation sites (tertiary alicyclic amines) is 1. The molecule has 1 N–H and O–H groups in total. The van der Waals surface area contributed by atoms with Crippen LogP contribution in [0.5, 0.6) is 0 Å². The molecule has 2 fully saturated rings. The maximum Gasteiger partial charge on any atom is 0.401 e. The molecule has 2 heterocycles. The molecule has 8 heteroatoms. The number of rotatable bonds is 1. The summed E-state index contributed by atoms with van der Waals surface area (Å²) in [6.45, 7) is 1.23. The van der Waals surface area contributed by atoms with Crippen LogP contribution in [0.3, 0.4) is 0 Å². The van der Waals surface area contributed by atoms with E-state index in [0.29, 0.717) is 22.9 Å². The highest BCUT2D eigenvalue weighted by Crippen LogP contribution is 2.45. The summed E-state index contributed by atoms with van der Waals surface area (Å²) in [7, 11) is 0. The third kappa shape index (κ3) is 2.87. The van der Waals surface area contributed by atoms with Gasteiger partial charge in [0.25, 0.3) is 0 Å². The second kappa shape index (κ2) is 5.44. The van der Waals surface area contributed by atoms with Crippen LogP contribution >= 0.6 is 15.9 Å². The molecule has 4 nitrogen and oxygen atoms in total. The maximum atomic E-state index is 12.5. The normalized spacial score (nSPS) is 28.0. The first-order valence-electron chi connectivity index (χ1n) is 7.37. The van der Waals surface area contributed by atoms with Crippen molar-refractivity contribution in [3.05, 3.63) is 21.7 Å². The zero-order valence-electron chi connectivity index (χ0n) is 12.5. The van der Waals surface area contributed by atoms with Crippen LogP contribution in [0.2, 0.25) is 0 Å². The number of carbonyl (C=O) groups is 2. The van der Waals surface area contributed by atoms with E-state index in [1.54, 1.807) is 13.0 Å². The Kier molecular flexibility index (Phi) is 3.95. The number of piperidine rings is 1. The van der Waals surface area contributed by atoms with E-state index in [2.05, 4.69) is 21.2 Å². The highest BCUT2D eigenvalue weighted by Gasteiger charge is 2.56. The molecule has 0 aromatic carbocycles. The number of amides is 1. The molecule has 126 valence electrons. The van der Waals surface area contributed by atoms with Gasteiger partial charge in [-0.15, -0.1) is 0 Å². The predicted octanol–water partition coefficient (Wildman–Crippen LogP) is 2.31. The van der Waals surface area contributed by atoms with Crippen LogP contribution in [-0.4, -0.2) is 47.9 Å².